The maximum absolute atomic E-state index is 7.39. The van der Waals surface area contributed by atoms with Gasteiger partial charge in [-0.2, -0.15) is 0 Å². The van der Waals surface area contributed by atoms with Crippen LogP contribution in [0.15, 0.2) is 4.42 Å². The van der Waals surface area contributed by atoms with E-state index in [0.717, 1.165) is 0 Å². The number of furan rings is 1. The van der Waals surface area contributed by atoms with Crippen molar-refractivity contribution in [3.63, 3.8) is 0 Å². The largest absolute Gasteiger partial charge is 0.457 e. The quantitative estimate of drug-likeness (QED) is 0.0977. The molecule has 0 saturated carbocycles. The van der Waals surface area contributed by atoms with Crippen LogP contribution in [0.3, 0.4) is 0 Å². The van der Waals surface area contributed by atoms with Crippen molar-refractivity contribution in [1.29, 1.82) is 0 Å². The fourth-order valence-corrected chi connectivity index (χ4v) is 11.8. The molecule has 10 aromatic carbocycles. The van der Waals surface area contributed by atoms with Gasteiger partial charge in [0, 0.05) is 10.8 Å². The van der Waals surface area contributed by atoms with Crippen molar-refractivity contribution in [2.45, 2.75) is 0 Å². The Bertz CT molecular complexity index is 4820. The normalized spacial score (nSPS) is 12.0. The molecule has 11 rings (SSSR count). The first-order valence-electron chi connectivity index (χ1n) is 23.8. The van der Waals surface area contributed by atoms with E-state index in [1.807, 2.05) is 0 Å². The van der Waals surface area contributed by atoms with Crippen LogP contribution in [0.4, 0.5) is 0 Å². The van der Waals surface area contributed by atoms with E-state index < -0.39 is 0 Å². The Morgan fingerprint density at radius 3 is 0.691 bits per heavy atom. The molecule has 0 aliphatic rings. The zero-order valence-electron chi connectivity index (χ0n) is 42.7. The summed E-state index contributed by atoms with van der Waals surface area (Å²) in [5.74, 6) is 0. The highest BCUT2D eigenvalue weighted by atomic mass is 16.3. The van der Waals surface area contributed by atoms with E-state index in [0.29, 0.717) is 0 Å². The van der Waals surface area contributed by atoms with E-state index >= 15 is 0 Å². The summed E-state index contributed by atoms with van der Waals surface area (Å²) in [6, 6.07) is 0. The Hall–Kier alpha value is -4.75. The lowest BCUT2D eigenvalue weighted by Gasteiger charge is -2.33. The van der Waals surface area contributed by atoms with Crippen LogP contribution in [0.25, 0.3) is 109 Å². The van der Waals surface area contributed by atoms with Crippen LogP contribution >= 0.6 is 0 Å². The minimum Gasteiger partial charge on any atom is -0.457 e. The van der Waals surface area contributed by atoms with E-state index in [2.05, 4.69) is 0 Å². The first-order valence-corrected chi connectivity index (χ1v) is 23.8. The third kappa shape index (κ3) is 7.30. The van der Waals surface area contributed by atoms with Gasteiger partial charge < -0.3 is 4.42 Å². The number of rotatable bonds is 3. The lowest BCUT2D eigenvalue weighted by atomic mass is 9.55. The van der Waals surface area contributed by atoms with Gasteiger partial charge in [-0.1, -0.05) is 109 Å². The van der Waals surface area contributed by atoms with Crippen molar-refractivity contribution in [3.05, 3.63) is 0 Å². The predicted octanol–water partition coefficient (Wildman–Crippen LogP) is -21.8. The van der Waals surface area contributed by atoms with Gasteiger partial charge in [0.2, 0.25) is 0 Å². The fourth-order valence-electron chi connectivity index (χ4n) is 11.8. The van der Waals surface area contributed by atoms with Crippen molar-refractivity contribution >= 4 is 475 Å². The molecule has 1 aromatic heterocycles. The van der Waals surface area contributed by atoms with Crippen molar-refractivity contribution < 1.29 is 4.42 Å². The molecule has 0 aliphatic heterocycles. The summed E-state index contributed by atoms with van der Waals surface area (Å²) in [4.78, 5) is 0. The molecule has 1 nitrogen and oxygen atoms in total. The average molecular weight is 941 g/mol. The van der Waals surface area contributed by atoms with E-state index in [1.165, 1.54) is 0 Å². The van der Waals surface area contributed by atoms with Gasteiger partial charge in [-0.3, -0.25) is 0 Å². The number of fused-ring (bicyclic) bond motifs is 9. The second-order valence-electron chi connectivity index (χ2n) is 19.9. The standard InChI is InChI=1S/C50B30O/c51-19-10(37(69)48(80)50-18(19)17-20(52)15-16(38(70)49(17)81-50)36(68)47(79)46(78)35(15)67)1-4-6(23(55)42(74)40(72)21(4)53)2(7-5(1)22(54)41(73)43(75)24(7)56)11-27(59)30(62)13(31(63)28(11)60)8-3-9-14(34(66)45(77)44(76)26(9)58)32(64)29(61)12(3)33(65)39(71)25(8)57. The molecule has 0 saturated heterocycles. The monoisotopic (exact) mass is 946 g/mol. The fraction of sp³-hybridized carbons (Fsp3) is 0. The van der Waals surface area contributed by atoms with Gasteiger partial charge in [0.25, 0.3) is 0 Å². The van der Waals surface area contributed by atoms with E-state index in [9.17, 15) is 0 Å². The summed E-state index contributed by atoms with van der Waals surface area (Å²) in [7, 11) is 205. The molecule has 0 fully saturated rings. The molecule has 0 N–H and O–H groups in total. The van der Waals surface area contributed by atoms with Crippen LogP contribution in [0.5, 0.6) is 0 Å². The van der Waals surface area contributed by atoms with E-state index in [1.54, 1.807) is 0 Å². The van der Waals surface area contributed by atoms with Crippen molar-refractivity contribution in [3.8, 4) is 33.4 Å². The van der Waals surface area contributed by atoms with E-state index in [4.69, 9.17) is 240 Å². The summed E-state index contributed by atoms with van der Waals surface area (Å²) < 4.78 is 6.39. The molecule has 0 amide bonds. The third-order valence-corrected chi connectivity index (χ3v) is 16.0. The molecular weight excluding hydrogens is 941 g/mol. The SMILES string of the molecule is [B]c1c([B])c(-c2c([B])c([B])c([B])c3c([B])c([B])c4c([B])c([B])c([B])c([B])c4c23)c([B])c([B])c1-c1c2c([B])c([B])c([B])c([B])c2c(-c2c([B])c([B])c3oc4c([B])c5c([B])c([B])c([B])c([B])c5c([B])c4c3c2[B])c2c([B])c([B])c([B])c([B])c12. The van der Waals surface area contributed by atoms with Gasteiger partial charge in [-0.05, 0) is 92.7 Å². The van der Waals surface area contributed by atoms with Crippen LogP contribution in [-0.2, 0) is 0 Å². The summed E-state index contributed by atoms with van der Waals surface area (Å²) in [6.07, 6.45) is 0. The molecular formula is C50B30O. The Morgan fingerprint density at radius 2 is 0.321 bits per heavy atom. The Balaban J connectivity index is 1.37. The maximum atomic E-state index is 7.39. The van der Waals surface area contributed by atoms with Crippen LogP contribution in [0.2, 0.25) is 0 Å². The second kappa shape index (κ2) is 19.4. The zero-order chi connectivity index (χ0) is 59.6. The molecule has 0 spiro atoms. The minimum atomic E-state index is -0.308. The van der Waals surface area contributed by atoms with Crippen molar-refractivity contribution in [1.82, 2.24) is 0 Å². The Morgan fingerprint density at radius 1 is 0.111 bits per heavy atom. The first kappa shape index (κ1) is 58.0. The molecule has 81 heavy (non-hydrogen) atoms. The third-order valence-electron chi connectivity index (χ3n) is 16.0. The molecule has 0 aliphatic carbocycles. The predicted molar refractivity (Wildman–Crippen MR) is 379 cm³/mol. The Labute approximate surface area is 509 Å². The Kier molecular flexibility index (Phi) is 13.9. The van der Waals surface area contributed by atoms with Crippen molar-refractivity contribution in [2.24, 2.45) is 0 Å². The molecule has 31 heteroatoms. The lowest BCUT2D eigenvalue weighted by Crippen LogP contribution is -2.52. The van der Waals surface area contributed by atoms with Gasteiger partial charge in [0.15, 0.2) is 0 Å². The topological polar surface area (TPSA) is 13.1 Å². The average Bonchev–Trinajstić information content (AvgIpc) is 2.31. The van der Waals surface area contributed by atoms with Gasteiger partial charge in [-0.25, -0.2) is 0 Å². The van der Waals surface area contributed by atoms with Gasteiger partial charge in [-0.15, -0.1) is 49.2 Å². The van der Waals surface area contributed by atoms with Crippen molar-refractivity contribution in [2.75, 3.05) is 0 Å². The molecule has 0 atom stereocenters. The van der Waals surface area contributed by atoms with E-state index in [-0.39, 0.29) is 273 Å². The van der Waals surface area contributed by atoms with Crippen LogP contribution < -0.4 is 164 Å². The smallest absolute Gasteiger partial charge is 0.128 e. The lowest BCUT2D eigenvalue weighted by molar-refractivity contribution is 0.675. The highest BCUT2D eigenvalue weighted by molar-refractivity contribution is 6.79. The maximum Gasteiger partial charge on any atom is 0.128 e. The van der Waals surface area contributed by atoms with Crippen LogP contribution in [0, 0.1) is 0 Å². The highest BCUT2D eigenvalue weighted by Crippen LogP contribution is 2.40. The zero-order valence-corrected chi connectivity index (χ0v) is 42.7. The summed E-state index contributed by atoms with van der Waals surface area (Å²) in [5, 5.41) is 0.546. The van der Waals surface area contributed by atoms with Gasteiger partial charge in [0.1, 0.15) is 247 Å². The highest BCUT2D eigenvalue weighted by Gasteiger charge is 2.32. The number of hydrogen-bond donors (Lipinski definition) is 0. The molecule has 1 heterocycles. The van der Waals surface area contributed by atoms with Crippen LogP contribution in [0.1, 0.15) is 0 Å². The second-order valence-corrected chi connectivity index (χ2v) is 19.9. The molecule has 0 unspecified atom stereocenters. The molecule has 296 valence electrons. The van der Waals surface area contributed by atoms with Crippen LogP contribution in [-0.4, -0.2) is 235 Å². The van der Waals surface area contributed by atoms with Gasteiger partial charge in [0.05, 0.1) is 0 Å². The molecule has 60 radical (unpaired) electrons. The summed E-state index contributed by atoms with van der Waals surface area (Å²) >= 11 is 0. The number of hydrogen-bond acceptors (Lipinski definition) is 1. The number of benzene rings is 10. The first-order chi connectivity index (χ1) is 37.8. The minimum absolute atomic E-state index is 0.0268. The van der Waals surface area contributed by atoms with Gasteiger partial charge >= 0.3 is 0 Å². The summed E-state index contributed by atoms with van der Waals surface area (Å²) in [5.41, 5.74) is -5.49. The summed E-state index contributed by atoms with van der Waals surface area (Å²) in [6.45, 7) is 0. The molecule has 11 aromatic rings. The molecule has 0 bridgehead atoms.